The number of hydrogen-bond donors (Lipinski definition) is 2. The van der Waals surface area contributed by atoms with Crippen molar-refractivity contribution in [2.75, 3.05) is 17.2 Å². The molecule has 0 radical (unpaired) electrons. The van der Waals surface area contributed by atoms with E-state index in [1.807, 2.05) is 0 Å². The zero-order chi connectivity index (χ0) is 15.2. The summed E-state index contributed by atoms with van der Waals surface area (Å²) in [7, 11) is -7.11. The van der Waals surface area contributed by atoms with Gasteiger partial charge in [-0.2, -0.15) is 0 Å². The Kier molecular flexibility index (Phi) is 3.55. The van der Waals surface area contributed by atoms with Crippen LogP contribution in [0.5, 0.6) is 0 Å². The van der Waals surface area contributed by atoms with Crippen LogP contribution in [0.1, 0.15) is 18.9 Å². The van der Waals surface area contributed by atoms with Gasteiger partial charge in [0.1, 0.15) is 10.7 Å². The van der Waals surface area contributed by atoms with Gasteiger partial charge in [-0.3, -0.25) is 0 Å². The normalized spacial score (nSPS) is 25.7. The topological polar surface area (TPSA) is 119 Å². The lowest BCUT2D eigenvalue weighted by molar-refractivity contribution is 0.462. The molecule has 1 fully saturated rings. The number of pyridine rings is 1. The van der Waals surface area contributed by atoms with Crippen LogP contribution < -0.4 is 10.5 Å². The number of sulfone groups is 1. The van der Waals surface area contributed by atoms with Crippen LogP contribution in [-0.4, -0.2) is 38.9 Å². The Balaban J connectivity index is 2.35. The average Bonchev–Trinajstić information content (AvgIpc) is 2.55. The molecule has 20 heavy (non-hydrogen) atoms. The van der Waals surface area contributed by atoms with E-state index >= 15 is 0 Å². The summed E-state index contributed by atoms with van der Waals surface area (Å²) in [6.07, 6.45) is 1.71. The third kappa shape index (κ3) is 3.10. The lowest BCUT2D eigenvalue weighted by Gasteiger charge is -2.23. The van der Waals surface area contributed by atoms with Crippen LogP contribution in [0, 0.1) is 6.92 Å². The number of aromatic nitrogens is 1. The van der Waals surface area contributed by atoms with Crippen LogP contribution in [0.15, 0.2) is 17.2 Å². The van der Waals surface area contributed by atoms with Crippen molar-refractivity contribution in [1.29, 1.82) is 0 Å². The van der Waals surface area contributed by atoms with Gasteiger partial charge in [-0.1, -0.05) is 0 Å². The largest absolute Gasteiger partial charge is 0.383 e. The molecule has 0 saturated carbocycles. The molecule has 1 atom stereocenters. The lowest BCUT2D eigenvalue weighted by Crippen LogP contribution is -2.46. The summed E-state index contributed by atoms with van der Waals surface area (Å²) >= 11 is 0. The zero-order valence-corrected chi connectivity index (χ0v) is 12.9. The first-order valence-corrected chi connectivity index (χ1v) is 9.30. The summed E-state index contributed by atoms with van der Waals surface area (Å²) in [5.74, 6) is -0.334. The third-order valence-electron chi connectivity index (χ3n) is 3.19. The van der Waals surface area contributed by atoms with Gasteiger partial charge in [0.25, 0.3) is 0 Å². The molecule has 2 rings (SSSR count). The van der Waals surface area contributed by atoms with E-state index in [4.69, 9.17) is 5.73 Å². The maximum absolute atomic E-state index is 12.4. The van der Waals surface area contributed by atoms with Gasteiger partial charge in [0.05, 0.1) is 11.5 Å². The zero-order valence-electron chi connectivity index (χ0n) is 11.3. The number of aryl methyl sites for hydroxylation is 1. The van der Waals surface area contributed by atoms with E-state index in [-0.39, 0.29) is 28.6 Å². The second-order valence-corrected chi connectivity index (χ2v) is 9.24. The molecule has 0 unspecified atom stereocenters. The summed E-state index contributed by atoms with van der Waals surface area (Å²) in [4.78, 5) is 3.69. The van der Waals surface area contributed by atoms with Crippen molar-refractivity contribution in [3.63, 3.8) is 0 Å². The molecular formula is C11H17N3O4S2. The molecule has 0 aliphatic carbocycles. The van der Waals surface area contributed by atoms with Crippen LogP contribution >= 0.6 is 0 Å². The van der Waals surface area contributed by atoms with Gasteiger partial charge < -0.3 is 5.73 Å². The Labute approximate surface area is 118 Å². The fourth-order valence-electron chi connectivity index (χ4n) is 2.24. The number of nitrogen functional groups attached to an aromatic ring is 1. The smallest absolute Gasteiger partial charge is 0.244 e. The Morgan fingerprint density at radius 1 is 1.45 bits per heavy atom. The maximum atomic E-state index is 12.4. The third-order valence-corrected chi connectivity index (χ3v) is 6.76. The van der Waals surface area contributed by atoms with E-state index in [2.05, 4.69) is 9.71 Å². The molecule has 9 heteroatoms. The van der Waals surface area contributed by atoms with E-state index in [1.165, 1.54) is 12.3 Å². The first-order chi connectivity index (χ1) is 9.03. The molecule has 0 bridgehead atoms. The fourth-order valence-corrected chi connectivity index (χ4v) is 6.03. The van der Waals surface area contributed by atoms with Gasteiger partial charge in [-0.25, -0.2) is 26.5 Å². The van der Waals surface area contributed by atoms with Crippen molar-refractivity contribution >= 4 is 25.7 Å². The second kappa shape index (κ2) is 4.68. The Morgan fingerprint density at radius 2 is 2.10 bits per heavy atom. The first-order valence-electron chi connectivity index (χ1n) is 6.00. The molecule has 1 aliphatic heterocycles. The predicted octanol–water partition coefficient (Wildman–Crippen LogP) is -0.172. The summed E-state index contributed by atoms with van der Waals surface area (Å²) in [5.41, 5.74) is 5.25. The van der Waals surface area contributed by atoms with Crippen LogP contribution in [0.25, 0.3) is 0 Å². The van der Waals surface area contributed by atoms with Crippen molar-refractivity contribution in [3.8, 4) is 0 Å². The quantitative estimate of drug-likeness (QED) is 0.798. The molecule has 0 aromatic carbocycles. The van der Waals surface area contributed by atoms with Gasteiger partial charge in [0.2, 0.25) is 10.0 Å². The van der Waals surface area contributed by atoms with Gasteiger partial charge >= 0.3 is 0 Å². The van der Waals surface area contributed by atoms with Gasteiger partial charge in [-0.05, 0) is 31.9 Å². The minimum absolute atomic E-state index is 0.0203. The number of hydrogen-bond acceptors (Lipinski definition) is 6. The number of rotatable bonds is 3. The molecule has 2 heterocycles. The summed E-state index contributed by atoms with van der Waals surface area (Å²) in [5, 5.41) is 0. The SMILES string of the molecule is Cc1cnc(N)c(S(=O)(=O)N[C@@]2(C)CCS(=O)(=O)C2)c1. The van der Waals surface area contributed by atoms with Crippen LogP contribution in [-0.2, 0) is 19.9 Å². The molecular weight excluding hydrogens is 302 g/mol. The summed E-state index contributed by atoms with van der Waals surface area (Å²) in [6, 6.07) is 1.41. The highest BCUT2D eigenvalue weighted by Gasteiger charge is 2.41. The number of nitrogens with zero attached hydrogens (tertiary/aromatic N) is 1. The highest BCUT2D eigenvalue weighted by atomic mass is 32.2. The number of anilines is 1. The lowest BCUT2D eigenvalue weighted by atomic mass is 10.0. The standard InChI is InChI=1S/C11H17N3O4S2/c1-8-5-9(10(12)13-6-8)20(17,18)14-11(2)3-4-19(15,16)7-11/h5-6,14H,3-4,7H2,1-2H3,(H2,12,13)/t11-/m0/s1. The van der Waals surface area contributed by atoms with Crippen LogP contribution in [0.3, 0.4) is 0 Å². The molecule has 1 saturated heterocycles. The minimum Gasteiger partial charge on any atom is -0.383 e. The van der Waals surface area contributed by atoms with E-state index in [9.17, 15) is 16.8 Å². The monoisotopic (exact) mass is 319 g/mol. The van der Waals surface area contributed by atoms with E-state index < -0.39 is 25.4 Å². The number of sulfonamides is 1. The maximum Gasteiger partial charge on any atom is 0.244 e. The molecule has 0 spiro atoms. The highest BCUT2D eigenvalue weighted by molar-refractivity contribution is 7.92. The minimum atomic E-state index is -3.91. The summed E-state index contributed by atoms with van der Waals surface area (Å²) in [6.45, 7) is 3.28. The van der Waals surface area contributed by atoms with E-state index in [0.29, 0.717) is 5.56 Å². The Morgan fingerprint density at radius 3 is 2.65 bits per heavy atom. The molecule has 0 amide bonds. The van der Waals surface area contributed by atoms with Crippen molar-refractivity contribution in [3.05, 3.63) is 17.8 Å². The first kappa shape index (κ1) is 15.2. The molecule has 112 valence electrons. The predicted molar refractivity (Wildman–Crippen MR) is 75.4 cm³/mol. The van der Waals surface area contributed by atoms with Crippen molar-refractivity contribution in [2.24, 2.45) is 0 Å². The van der Waals surface area contributed by atoms with E-state index in [1.54, 1.807) is 13.8 Å². The molecule has 1 aliphatic rings. The Hall–Kier alpha value is -1.19. The Bertz CT molecular complexity index is 743. The highest BCUT2D eigenvalue weighted by Crippen LogP contribution is 2.26. The average molecular weight is 319 g/mol. The molecule has 7 nitrogen and oxygen atoms in total. The molecule has 1 aromatic heterocycles. The van der Waals surface area contributed by atoms with Crippen molar-refractivity contribution in [2.45, 2.75) is 30.7 Å². The van der Waals surface area contributed by atoms with Crippen molar-refractivity contribution < 1.29 is 16.8 Å². The van der Waals surface area contributed by atoms with Crippen LogP contribution in [0.2, 0.25) is 0 Å². The summed E-state index contributed by atoms with van der Waals surface area (Å²) < 4.78 is 50.2. The second-order valence-electron chi connectivity index (χ2n) is 5.40. The van der Waals surface area contributed by atoms with Gasteiger partial charge in [-0.15, -0.1) is 0 Å². The van der Waals surface area contributed by atoms with Crippen molar-refractivity contribution in [1.82, 2.24) is 9.71 Å². The molecule has 3 N–H and O–H groups in total. The molecule has 1 aromatic rings. The number of nitrogens with one attached hydrogen (secondary N) is 1. The fraction of sp³-hybridized carbons (Fsp3) is 0.545. The number of nitrogens with two attached hydrogens (primary N) is 1. The van der Waals surface area contributed by atoms with E-state index in [0.717, 1.165) is 0 Å². The van der Waals surface area contributed by atoms with Gasteiger partial charge in [0, 0.05) is 11.7 Å². The van der Waals surface area contributed by atoms with Gasteiger partial charge in [0.15, 0.2) is 9.84 Å². The van der Waals surface area contributed by atoms with Crippen LogP contribution in [0.4, 0.5) is 5.82 Å².